The first-order chi connectivity index (χ1) is 12.2. The molecule has 0 saturated carbocycles. The molecule has 3 heterocycles. The Kier molecular flexibility index (Phi) is 4.42. The zero-order chi connectivity index (χ0) is 17.2. The van der Waals surface area contributed by atoms with Crippen molar-refractivity contribution in [2.75, 3.05) is 18.0 Å². The predicted molar refractivity (Wildman–Crippen MR) is 96.8 cm³/mol. The third-order valence-corrected chi connectivity index (χ3v) is 5.41. The fourth-order valence-electron chi connectivity index (χ4n) is 3.97. The first-order valence-electron chi connectivity index (χ1n) is 9.22. The van der Waals surface area contributed by atoms with E-state index >= 15 is 0 Å². The van der Waals surface area contributed by atoms with Gasteiger partial charge in [0.15, 0.2) is 0 Å². The molecule has 25 heavy (non-hydrogen) atoms. The second-order valence-corrected chi connectivity index (χ2v) is 7.07. The van der Waals surface area contributed by atoms with Gasteiger partial charge in [0.2, 0.25) is 0 Å². The number of hydrogen-bond donors (Lipinski definition) is 1. The number of rotatable bonds is 3. The average molecular weight is 339 g/mol. The number of piperidine rings is 1. The molecule has 0 bridgehead atoms. The summed E-state index contributed by atoms with van der Waals surface area (Å²) in [6.07, 6.45) is 10.2. The van der Waals surface area contributed by atoms with Crippen molar-refractivity contribution in [3.05, 3.63) is 41.6 Å². The molecule has 1 fully saturated rings. The van der Waals surface area contributed by atoms with Crippen molar-refractivity contribution in [2.45, 2.75) is 44.6 Å². The third kappa shape index (κ3) is 3.25. The van der Waals surface area contributed by atoms with Crippen LogP contribution >= 0.6 is 0 Å². The van der Waals surface area contributed by atoms with Gasteiger partial charge in [0, 0.05) is 43.6 Å². The van der Waals surface area contributed by atoms with Crippen molar-refractivity contribution in [3.8, 4) is 0 Å². The molecular formula is C19H25N5O. The molecule has 6 nitrogen and oxygen atoms in total. The molecule has 0 atom stereocenters. The van der Waals surface area contributed by atoms with E-state index in [9.17, 15) is 4.79 Å². The van der Waals surface area contributed by atoms with Crippen molar-refractivity contribution < 1.29 is 4.79 Å². The maximum absolute atomic E-state index is 12.4. The fourth-order valence-corrected chi connectivity index (χ4v) is 3.97. The van der Waals surface area contributed by atoms with Crippen molar-refractivity contribution in [1.29, 1.82) is 0 Å². The topological polar surface area (TPSA) is 63.1 Å². The molecule has 6 heteroatoms. The zero-order valence-electron chi connectivity index (χ0n) is 14.7. The van der Waals surface area contributed by atoms with E-state index in [1.807, 2.05) is 29.9 Å². The van der Waals surface area contributed by atoms with Crippen LogP contribution in [0.5, 0.6) is 0 Å². The third-order valence-electron chi connectivity index (χ3n) is 5.41. The molecule has 1 aliphatic heterocycles. The van der Waals surface area contributed by atoms with Crippen LogP contribution < -0.4 is 10.2 Å². The predicted octanol–water partition coefficient (Wildman–Crippen LogP) is 2.09. The molecule has 2 aromatic rings. The Morgan fingerprint density at radius 3 is 2.76 bits per heavy atom. The summed E-state index contributed by atoms with van der Waals surface area (Å²) in [5.41, 5.74) is 3.29. The van der Waals surface area contributed by atoms with Crippen LogP contribution in [0, 0.1) is 0 Å². The fraction of sp³-hybridized carbons (Fsp3) is 0.526. The molecule has 0 aromatic carbocycles. The zero-order valence-corrected chi connectivity index (χ0v) is 14.7. The molecular weight excluding hydrogens is 314 g/mol. The Hall–Kier alpha value is -2.37. The first kappa shape index (κ1) is 16.1. The van der Waals surface area contributed by atoms with E-state index in [1.165, 1.54) is 24.1 Å². The van der Waals surface area contributed by atoms with Crippen LogP contribution in [0.15, 0.2) is 24.7 Å². The number of carbonyl (C=O) groups is 1. The molecule has 2 aliphatic rings. The number of anilines is 1. The van der Waals surface area contributed by atoms with Gasteiger partial charge in [-0.05, 0) is 50.7 Å². The largest absolute Gasteiger partial charge is 0.356 e. The standard InChI is InChI=1S/C19H25N5O/c1-23-10-4-7-17(23)19(25)22-14-8-11-24(12-9-14)18-15-5-2-3-6-16(15)20-13-21-18/h4,7,10,13-14H,2-3,5-6,8-9,11-12H2,1H3,(H,22,25). The maximum atomic E-state index is 12.4. The highest BCUT2D eigenvalue weighted by Gasteiger charge is 2.25. The van der Waals surface area contributed by atoms with Gasteiger partial charge < -0.3 is 14.8 Å². The van der Waals surface area contributed by atoms with Crippen LogP contribution in [0.4, 0.5) is 5.82 Å². The van der Waals surface area contributed by atoms with Gasteiger partial charge in [0.05, 0.1) is 0 Å². The van der Waals surface area contributed by atoms with Gasteiger partial charge >= 0.3 is 0 Å². The molecule has 1 aliphatic carbocycles. The molecule has 0 unspecified atom stereocenters. The SMILES string of the molecule is Cn1cccc1C(=O)NC1CCN(c2ncnc3c2CCCC3)CC1. The van der Waals surface area contributed by atoms with Crippen LogP contribution in [-0.2, 0) is 19.9 Å². The minimum Gasteiger partial charge on any atom is -0.356 e. The summed E-state index contributed by atoms with van der Waals surface area (Å²) in [6, 6.07) is 3.99. The van der Waals surface area contributed by atoms with Crippen LogP contribution in [-0.4, -0.2) is 39.6 Å². The van der Waals surface area contributed by atoms with Gasteiger partial charge in [-0.2, -0.15) is 0 Å². The summed E-state index contributed by atoms with van der Waals surface area (Å²) in [5, 5.41) is 3.18. The van der Waals surface area contributed by atoms with E-state index in [2.05, 4.69) is 20.2 Å². The van der Waals surface area contributed by atoms with Gasteiger partial charge in [-0.3, -0.25) is 4.79 Å². The van der Waals surface area contributed by atoms with Crippen LogP contribution in [0.1, 0.15) is 47.4 Å². The Labute approximate surface area is 148 Å². The van der Waals surface area contributed by atoms with Crippen LogP contribution in [0.3, 0.4) is 0 Å². The molecule has 0 spiro atoms. The number of fused-ring (bicyclic) bond motifs is 1. The summed E-state index contributed by atoms with van der Waals surface area (Å²) in [6.45, 7) is 1.86. The van der Waals surface area contributed by atoms with Gasteiger partial charge in [-0.15, -0.1) is 0 Å². The lowest BCUT2D eigenvalue weighted by molar-refractivity contribution is 0.0923. The van der Waals surface area contributed by atoms with E-state index in [0.717, 1.165) is 44.6 Å². The van der Waals surface area contributed by atoms with E-state index in [-0.39, 0.29) is 11.9 Å². The van der Waals surface area contributed by atoms with Gasteiger partial charge in [-0.1, -0.05) is 0 Å². The molecule has 1 amide bonds. The number of nitrogens with zero attached hydrogens (tertiary/aromatic N) is 4. The highest BCUT2D eigenvalue weighted by atomic mass is 16.2. The summed E-state index contributed by atoms with van der Waals surface area (Å²) in [7, 11) is 1.90. The summed E-state index contributed by atoms with van der Waals surface area (Å²) < 4.78 is 1.86. The second-order valence-electron chi connectivity index (χ2n) is 7.07. The monoisotopic (exact) mass is 339 g/mol. The number of nitrogens with one attached hydrogen (secondary N) is 1. The van der Waals surface area contributed by atoms with E-state index in [1.54, 1.807) is 6.33 Å². The molecule has 132 valence electrons. The highest BCUT2D eigenvalue weighted by molar-refractivity contribution is 5.92. The van der Waals surface area contributed by atoms with Crippen molar-refractivity contribution >= 4 is 11.7 Å². The van der Waals surface area contributed by atoms with Gasteiger partial charge in [-0.25, -0.2) is 9.97 Å². The molecule has 2 aromatic heterocycles. The number of carbonyl (C=O) groups excluding carboxylic acids is 1. The number of aryl methyl sites for hydroxylation is 2. The van der Waals surface area contributed by atoms with E-state index in [0.29, 0.717) is 5.69 Å². The lowest BCUT2D eigenvalue weighted by Crippen LogP contribution is -2.45. The Morgan fingerprint density at radius 2 is 2.00 bits per heavy atom. The highest BCUT2D eigenvalue weighted by Crippen LogP contribution is 2.28. The van der Waals surface area contributed by atoms with Gasteiger partial charge in [0.1, 0.15) is 17.8 Å². The van der Waals surface area contributed by atoms with E-state index in [4.69, 9.17) is 0 Å². The van der Waals surface area contributed by atoms with Crippen LogP contribution in [0.2, 0.25) is 0 Å². The Morgan fingerprint density at radius 1 is 1.20 bits per heavy atom. The smallest absolute Gasteiger partial charge is 0.268 e. The number of aromatic nitrogens is 3. The van der Waals surface area contributed by atoms with E-state index < -0.39 is 0 Å². The normalized spacial score (nSPS) is 18.0. The van der Waals surface area contributed by atoms with Crippen LogP contribution in [0.25, 0.3) is 0 Å². The van der Waals surface area contributed by atoms with Crippen molar-refractivity contribution in [2.24, 2.45) is 7.05 Å². The molecule has 0 radical (unpaired) electrons. The molecule has 4 rings (SSSR count). The van der Waals surface area contributed by atoms with Gasteiger partial charge in [0.25, 0.3) is 5.91 Å². The summed E-state index contributed by atoms with van der Waals surface area (Å²) >= 11 is 0. The first-order valence-corrected chi connectivity index (χ1v) is 9.22. The Balaban J connectivity index is 1.39. The average Bonchev–Trinajstić information content (AvgIpc) is 3.08. The van der Waals surface area contributed by atoms with Crippen molar-refractivity contribution in [1.82, 2.24) is 19.9 Å². The molecule has 1 saturated heterocycles. The minimum absolute atomic E-state index is 0.0189. The number of hydrogen-bond acceptors (Lipinski definition) is 4. The molecule has 1 N–H and O–H groups in total. The summed E-state index contributed by atoms with van der Waals surface area (Å²) in [5.74, 6) is 1.14. The summed E-state index contributed by atoms with van der Waals surface area (Å²) in [4.78, 5) is 23.8. The Bertz CT molecular complexity index is 761. The number of amides is 1. The maximum Gasteiger partial charge on any atom is 0.268 e. The quantitative estimate of drug-likeness (QED) is 0.930. The lowest BCUT2D eigenvalue weighted by atomic mass is 9.95. The van der Waals surface area contributed by atoms with Crippen molar-refractivity contribution in [3.63, 3.8) is 0 Å². The second kappa shape index (κ2) is 6.86. The minimum atomic E-state index is 0.0189. The lowest BCUT2D eigenvalue weighted by Gasteiger charge is -2.35.